The number of hydrogen-bond donors (Lipinski definition) is 1. The van der Waals surface area contributed by atoms with E-state index in [1.807, 2.05) is 22.9 Å². The third kappa shape index (κ3) is 3.93. The number of amides is 1. The van der Waals surface area contributed by atoms with Crippen LogP contribution >= 0.6 is 11.8 Å². The van der Waals surface area contributed by atoms with E-state index in [1.54, 1.807) is 18.2 Å². The van der Waals surface area contributed by atoms with E-state index in [1.165, 1.54) is 28.9 Å². The van der Waals surface area contributed by atoms with E-state index in [0.717, 1.165) is 36.4 Å². The first-order valence-corrected chi connectivity index (χ1v) is 10.3. The second kappa shape index (κ2) is 8.16. The third-order valence-electron chi connectivity index (χ3n) is 4.67. The molecule has 0 fully saturated rings. The van der Waals surface area contributed by atoms with Crippen molar-refractivity contribution in [3.63, 3.8) is 0 Å². The Hall–Kier alpha value is -3.00. The monoisotopic (exact) mass is 409 g/mol. The molecule has 0 spiro atoms. The molecule has 0 saturated heterocycles. The number of nitrogens with one attached hydrogen (secondary N) is 1. The Morgan fingerprint density at radius 1 is 1.21 bits per heavy atom. The number of carbonyl (C=O) groups excluding carboxylic acids is 1. The van der Waals surface area contributed by atoms with E-state index >= 15 is 0 Å². The maximum atomic E-state index is 13.2. The highest BCUT2D eigenvalue weighted by molar-refractivity contribution is 8.26. The standard InChI is InChI=1S/C21H20FN5OS/c1-2-3-4-7-18-25-27-19(23)17(20(28)24-21(27)29-18)13-16-6-5-12-26(16)15-10-8-14(22)9-11-15/h5-6,8-13,23H,2-4,7H2,1H3/b17-13-,23-19?. The third-order valence-corrected chi connectivity index (χ3v) is 5.64. The molecule has 148 valence electrons. The van der Waals surface area contributed by atoms with Gasteiger partial charge < -0.3 is 4.57 Å². The zero-order valence-electron chi connectivity index (χ0n) is 15.9. The largest absolute Gasteiger partial charge is 0.317 e. The number of aromatic nitrogens is 1. The van der Waals surface area contributed by atoms with E-state index < -0.39 is 5.91 Å². The van der Waals surface area contributed by atoms with Gasteiger partial charge in [0, 0.05) is 17.6 Å². The first-order valence-electron chi connectivity index (χ1n) is 9.49. The number of fused-ring (bicyclic) bond motifs is 1. The van der Waals surface area contributed by atoms with E-state index in [-0.39, 0.29) is 17.2 Å². The minimum Gasteiger partial charge on any atom is -0.317 e. The Labute approximate surface area is 172 Å². The number of amidine groups is 2. The number of hydrazone groups is 1. The van der Waals surface area contributed by atoms with E-state index in [0.29, 0.717) is 10.9 Å². The summed E-state index contributed by atoms with van der Waals surface area (Å²) in [6.07, 6.45) is 7.54. The summed E-state index contributed by atoms with van der Waals surface area (Å²) in [5, 5.41) is 15.7. The minimum absolute atomic E-state index is 0.0184. The lowest BCUT2D eigenvalue weighted by Crippen LogP contribution is -2.35. The molecule has 1 aromatic heterocycles. The first-order chi connectivity index (χ1) is 14.1. The number of nitrogens with zero attached hydrogens (tertiary/aromatic N) is 4. The zero-order chi connectivity index (χ0) is 20.4. The van der Waals surface area contributed by atoms with Crippen LogP contribution in [-0.2, 0) is 4.79 Å². The number of aliphatic imine (C=N–C) groups is 1. The Morgan fingerprint density at radius 2 is 2.00 bits per heavy atom. The molecule has 0 saturated carbocycles. The molecule has 1 amide bonds. The van der Waals surface area contributed by atoms with Crippen molar-refractivity contribution in [2.24, 2.45) is 10.1 Å². The van der Waals surface area contributed by atoms with Crippen molar-refractivity contribution in [1.29, 1.82) is 5.41 Å². The van der Waals surface area contributed by atoms with Gasteiger partial charge in [0.25, 0.3) is 5.91 Å². The SMILES string of the molecule is CCCCCC1=NN2C(=N)/C(=C/c3cccn3-c3ccc(F)cc3)C(=O)N=C2S1. The highest BCUT2D eigenvalue weighted by Gasteiger charge is 2.35. The van der Waals surface area contributed by atoms with Crippen LogP contribution < -0.4 is 0 Å². The first kappa shape index (κ1) is 19.3. The fourth-order valence-electron chi connectivity index (χ4n) is 3.16. The molecule has 2 aromatic rings. The summed E-state index contributed by atoms with van der Waals surface area (Å²) in [7, 11) is 0. The predicted octanol–water partition coefficient (Wildman–Crippen LogP) is 4.82. The van der Waals surface area contributed by atoms with Crippen molar-refractivity contribution in [1.82, 2.24) is 9.58 Å². The van der Waals surface area contributed by atoms with Crippen molar-refractivity contribution < 1.29 is 9.18 Å². The van der Waals surface area contributed by atoms with Crippen LogP contribution in [0.15, 0.2) is 58.3 Å². The molecule has 0 aliphatic carbocycles. The summed E-state index contributed by atoms with van der Waals surface area (Å²) < 4.78 is 15.1. The molecular formula is C21H20FN5OS. The number of carbonyl (C=O) groups is 1. The van der Waals surface area contributed by atoms with Gasteiger partial charge in [0.05, 0.1) is 5.57 Å². The molecule has 0 atom stereocenters. The number of halogens is 1. The molecule has 29 heavy (non-hydrogen) atoms. The van der Waals surface area contributed by atoms with Gasteiger partial charge in [0.15, 0.2) is 5.84 Å². The van der Waals surface area contributed by atoms with Gasteiger partial charge in [-0.1, -0.05) is 19.8 Å². The summed E-state index contributed by atoms with van der Waals surface area (Å²) in [6.45, 7) is 2.14. The molecule has 1 aromatic carbocycles. The number of thioether (sulfide) groups is 1. The van der Waals surface area contributed by atoms with Crippen molar-refractivity contribution in [2.75, 3.05) is 0 Å². The van der Waals surface area contributed by atoms with Gasteiger partial charge in [-0.25, -0.2) is 4.39 Å². The molecule has 0 radical (unpaired) electrons. The van der Waals surface area contributed by atoms with Crippen LogP contribution in [0.4, 0.5) is 4.39 Å². The second-order valence-corrected chi connectivity index (χ2v) is 7.79. The minimum atomic E-state index is -0.453. The average Bonchev–Trinajstić information content (AvgIpc) is 3.33. The van der Waals surface area contributed by atoms with Gasteiger partial charge in [0.2, 0.25) is 5.17 Å². The van der Waals surface area contributed by atoms with Crippen LogP contribution in [-0.4, -0.2) is 31.5 Å². The molecule has 2 aliphatic heterocycles. The van der Waals surface area contributed by atoms with Gasteiger partial charge in [0.1, 0.15) is 10.9 Å². The Kier molecular flexibility index (Phi) is 5.44. The van der Waals surface area contributed by atoms with E-state index in [4.69, 9.17) is 5.41 Å². The van der Waals surface area contributed by atoms with Gasteiger partial charge in [-0.15, -0.1) is 0 Å². The zero-order valence-corrected chi connectivity index (χ0v) is 16.7. The van der Waals surface area contributed by atoms with Gasteiger partial charge in [-0.3, -0.25) is 10.2 Å². The number of rotatable bonds is 6. The van der Waals surface area contributed by atoms with Gasteiger partial charge in [-0.2, -0.15) is 15.1 Å². The lowest BCUT2D eigenvalue weighted by Gasteiger charge is -2.20. The molecule has 6 nitrogen and oxygen atoms in total. The summed E-state index contributed by atoms with van der Waals surface area (Å²) in [6, 6.07) is 9.74. The summed E-state index contributed by atoms with van der Waals surface area (Å²) >= 11 is 1.36. The lowest BCUT2D eigenvalue weighted by atomic mass is 10.1. The van der Waals surface area contributed by atoms with Crippen molar-refractivity contribution in [3.8, 4) is 5.69 Å². The van der Waals surface area contributed by atoms with Crippen molar-refractivity contribution >= 4 is 39.8 Å². The summed E-state index contributed by atoms with van der Waals surface area (Å²) in [4.78, 5) is 16.7. The Bertz CT molecular complexity index is 1050. The maximum Gasteiger partial charge on any atom is 0.283 e. The van der Waals surface area contributed by atoms with E-state index in [2.05, 4.69) is 17.0 Å². The molecular weight excluding hydrogens is 389 g/mol. The van der Waals surface area contributed by atoms with Crippen LogP contribution in [0.1, 0.15) is 38.3 Å². The molecule has 8 heteroatoms. The topological polar surface area (TPSA) is 73.8 Å². The van der Waals surface area contributed by atoms with Gasteiger partial charge in [-0.05, 0) is 67.1 Å². The average molecular weight is 409 g/mol. The molecule has 3 heterocycles. The van der Waals surface area contributed by atoms with Crippen molar-refractivity contribution in [3.05, 3.63) is 59.7 Å². The molecule has 4 rings (SSSR count). The Morgan fingerprint density at radius 3 is 2.76 bits per heavy atom. The summed E-state index contributed by atoms with van der Waals surface area (Å²) in [5.41, 5.74) is 1.63. The highest BCUT2D eigenvalue weighted by Crippen LogP contribution is 2.30. The second-order valence-electron chi connectivity index (χ2n) is 6.75. The molecule has 0 unspecified atom stereocenters. The normalized spacial score (nSPS) is 17.6. The fraction of sp³-hybridized carbons (Fsp3) is 0.238. The van der Waals surface area contributed by atoms with E-state index in [9.17, 15) is 9.18 Å². The van der Waals surface area contributed by atoms with Crippen LogP contribution in [0.25, 0.3) is 11.8 Å². The van der Waals surface area contributed by atoms with Crippen LogP contribution in [0.3, 0.4) is 0 Å². The quantitative estimate of drug-likeness (QED) is 0.549. The lowest BCUT2D eigenvalue weighted by molar-refractivity contribution is -0.114. The van der Waals surface area contributed by atoms with Crippen LogP contribution in [0.5, 0.6) is 0 Å². The Balaban J connectivity index is 1.62. The molecule has 0 bridgehead atoms. The van der Waals surface area contributed by atoms with Gasteiger partial charge >= 0.3 is 0 Å². The number of unbranched alkanes of at least 4 members (excludes halogenated alkanes) is 2. The number of hydrogen-bond acceptors (Lipinski definition) is 4. The van der Waals surface area contributed by atoms with Crippen LogP contribution in [0, 0.1) is 11.2 Å². The van der Waals surface area contributed by atoms with Crippen LogP contribution in [0.2, 0.25) is 0 Å². The molecule has 1 N–H and O–H groups in total. The number of benzene rings is 1. The maximum absolute atomic E-state index is 13.2. The molecule has 2 aliphatic rings. The summed E-state index contributed by atoms with van der Waals surface area (Å²) in [5.74, 6) is -0.749. The predicted molar refractivity (Wildman–Crippen MR) is 115 cm³/mol. The smallest absolute Gasteiger partial charge is 0.283 e. The highest BCUT2D eigenvalue weighted by atomic mass is 32.2. The fourth-order valence-corrected chi connectivity index (χ4v) is 4.08. The van der Waals surface area contributed by atoms with Crippen molar-refractivity contribution in [2.45, 2.75) is 32.6 Å².